The van der Waals surface area contributed by atoms with Gasteiger partial charge in [0.1, 0.15) is 17.0 Å². The minimum atomic E-state index is -0.259. The molecule has 34 heavy (non-hydrogen) atoms. The van der Waals surface area contributed by atoms with Gasteiger partial charge in [0.15, 0.2) is 5.58 Å². The fourth-order valence-electron chi connectivity index (χ4n) is 3.68. The van der Waals surface area contributed by atoms with Gasteiger partial charge in [0.2, 0.25) is 11.8 Å². The van der Waals surface area contributed by atoms with Crippen molar-refractivity contribution < 1.29 is 13.6 Å². The van der Waals surface area contributed by atoms with E-state index in [9.17, 15) is 4.79 Å². The smallest absolute Gasteiger partial charge is 0.248 e. The number of fused-ring (bicyclic) bond motifs is 1. The van der Waals surface area contributed by atoms with Crippen molar-refractivity contribution in [3.63, 3.8) is 0 Å². The van der Waals surface area contributed by atoms with Gasteiger partial charge in [-0.15, -0.1) is 0 Å². The number of aromatic nitrogens is 1. The van der Waals surface area contributed by atoms with Gasteiger partial charge in [-0.05, 0) is 60.0 Å². The van der Waals surface area contributed by atoms with Crippen LogP contribution >= 0.6 is 0 Å². The van der Waals surface area contributed by atoms with Crippen molar-refractivity contribution in [3.05, 3.63) is 102 Å². The zero-order chi connectivity index (χ0) is 23.5. The molecule has 5 rings (SSSR count). The van der Waals surface area contributed by atoms with Gasteiger partial charge >= 0.3 is 0 Å². The summed E-state index contributed by atoms with van der Waals surface area (Å²) in [7, 11) is 0. The normalized spacial score (nSPS) is 11.5. The molecular weight excluding hydrogens is 424 g/mol. The maximum absolute atomic E-state index is 12.4. The molecule has 0 unspecified atom stereocenters. The third kappa shape index (κ3) is 4.69. The summed E-state index contributed by atoms with van der Waals surface area (Å²) >= 11 is 0. The minimum Gasteiger partial charge on any atom is -0.457 e. The molecule has 2 heterocycles. The third-order valence-corrected chi connectivity index (χ3v) is 5.56. The van der Waals surface area contributed by atoms with Crippen LogP contribution in [0.3, 0.4) is 0 Å². The second-order valence-electron chi connectivity index (χ2n) is 8.37. The maximum Gasteiger partial charge on any atom is 0.248 e. The van der Waals surface area contributed by atoms with Crippen LogP contribution < -0.4 is 5.32 Å². The van der Waals surface area contributed by atoms with Crippen LogP contribution in [0.25, 0.3) is 40.0 Å². The van der Waals surface area contributed by atoms with Crippen molar-refractivity contribution in [2.75, 3.05) is 5.32 Å². The molecule has 3 aromatic carbocycles. The number of rotatable bonds is 6. The van der Waals surface area contributed by atoms with E-state index < -0.39 is 0 Å². The molecule has 0 saturated heterocycles. The summed E-state index contributed by atoms with van der Waals surface area (Å²) in [6.45, 7) is 4.33. The van der Waals surface area contributed by atoms with Gasteiger partial charge in [0.25, 0.3) is 0 Å². The summed E-state index contributed by atoms with van der Waals surface area (Å²) in [4.78, 5) is 17.0. The molecule has 2 aromatic heterocycles. The van der Waals surface area contributed by atoms with E-state index in [1.807, 2.05) is 60.7 Å². The molecule has 1 amide bonds. The Hall–Kier alpha value is -4.38. The minimum absolute atomic E-state index is 0.259. The highest BCUT2D eigenvalue weighted by atomic mass is 16.3. The molecule has 0 bridgehead atoms. The molecule has 0 radical (unpaired) electrons. The van der Waals surface area contributed by atoms with Crippen LogP contribution in [0, 0.1) is 0 Å². The lowest BCUT2D eigenvalue weighted by Gasteiger charge is -2.04. The van der Waals surface area contributed by atoms with Crippen LogP contribution in [0.4, 0.5) is 5.69 Å². The number of oxazole rings is 1. The number of nitrogens with zero attached hydrogens (tertiary/aromatic N) is 1. The van der Waals surface area contributed by atoms with Crippen molar-refractivity contribution in [2.45, 2.75) is 19.8 Å². The Morgan fingerprint density at radius 3 is 2.44 bits per heavy atom. The van der Waals surface area contributed by atoms with Crippen molar-refractivity contribution in [3.8, 4) is 22.8 Å². The average Bonchev–Trinajstić information content (AvgIpc) is 3.50. The Labute approximate surface area is 197 Å². The number of carbonyl (C=O) groups is 1. The van der Waals surface area contributed by atoms with E-state index in [1.54, 1.807) is 18.2 Å². The second-order valence-corrected chi connectivity index (χ2v) is 8.37. The molecule has 0 aliphatic heterocycles. The Bertz CT molecular complexity index is 1460. The standard InChI is InChI=1S/C29H24N2O3/c1-19(2)20-8-10-22(11-9-20)29-31-25-18-23(12-15-27(25)34-29)30-28(32)17-14-24-13-16-26(33-24)21-6-4-3-5-7-21/h3-19H,1-2H3,(H,30,32)/b17-14+. The van der Waals surface area contributed by atoms with Gasteiger partial charge in [-0.2, -0.15) is 0 Å². The monoisotopic (exact) mass is 448 g/mol. The van der Waals surface area contributed by atoms with Gasteiger partial charge in [-0.1, -0.05) is 56.3 Å². The van der Waals surface area contributed by atoms with E-state index in [0.717, 1.165) is 16.9 Å². The Kier molecular flexibility index (Phi) is 5.83. The molecule has 168 valence electrons. The summed E-state index contributed by atoms with van der Waals surface area (Å²) in [6, 6.07) is 27.2. The lowest BCUT2D eigenvalue weighted by molar-refractivity contribution is -0.111. The first kappa shape index (κ1) is 21.5. The van der Waals surface area contributed by atoms with E-state index in [4.69, 9.17) is 8.83 Å². The van der Waals surface area contributed by atoms with Crippen LogP contribution in [-0.2, 0) is 4.79 Å². The van der Waals surface area contributed by atoms with Crippen LogP contribution in [-0.4, -0.2) is 10.9 Å². The van der Waals surface area contributed by atoms with Crippen LogP contribution in [0.5, 0.6) is 0 Å². The Morgan fingerprint density at radius 1 is 0.882 bits per heavy atom. The summed E-state index contributed by atoms with van der Waals surface area (Å²) < 4.78 is 11.7. The number of benzene rings is 3. The average molecular weight is 449 g/mol. The zero-order valence-corrected chi connectivity index (χ0v) is 19.0. The number of nitrogens with one attached hydrogen (secondary N) is 1. The molecule has 0 atom stereocenters. The predicted molar refractivity (Wildman–Crippen MR) is 135 cm³/mol. The second kappa shape index (κ2) is 9.24. The van der Waals surface area contributed by atoms with Gasteiger partial charge in [-0.3, -0.25) is 4.79 Å². The predicted octanol–water partition coefficient (Wildman–Crippen LogP) is 7.53. The first-order valence-corrected chi connectivity index (χ1v) is 11.2. The summed E-state index contributed by atoms with van der Waals surface area (Å²) in [5.74, 6) is 2.13. The Morgan fingerprint density at radius 2 is 1.68 bits per heavy atom. The lowest BCUT2D eigenvalue weighted by Crippen LogP contribution is -2.07. The van der Waals surface area contributed by atoms with Gasteiger partial charge in [0, 0.05) is 22.9 Å². The van der Waals surface area contributed by atoms with E-state index in [2.05, 4.69) is 36.3 Å². The highest BCUT2D eigenvalue weighted by molar-refractivity contribution is 6.02. The van der Waals surface area contributed by atoms with Crippen LogP contribution in [0.1, 0.15) is 31.1 Å². The third-order valence-electron chi connectivity index (χ3n) is 5.56. The number of hydrogen-bond acceptors (Lipinski definition) is 4. The van der Waals surface area contributed by atoms with Crippen molar-refractivity contribution in [2.24, 2.45) is 0 Å². The molecular formula is C29H24N2O3. The van der Waals surface area contributed by atoms with Gasteiger partial charge in [-0.25, -0.2) is 4.98 Å². The van der Waals surface area contributed by atoms with Crippen molar-refractivity contribution in [1.29, 1.82) is 0 Å². The maximum atomic E-state index is 12.4. The first-order valence-electron chi connectivity index (χ1n) is 11.2. The molecule has 0 fully saturated rings. The number of anilines is 1. The molecule has 0 saturated carbocycles. The zero-order valence-electron chi connectivity index (χ0n) is 19.0. The quantitative estimate of drug-likeness (QED) is 0.273. The topological polar surface area (TPSA) is 68.3 Å². The molecule has 0 aliphatic carbocycles. The molecule has 0 aliphatic rings. The number of amides is 1. The van der Waals surface area contributed by atoms with E-state index in [1.165, 1.54) is 11.6 Å². The molecule has 5 heteroatoms. The van der Waals surface area contributed by atoms with Crippen LogP contribution in [0.15, 0.2) is 99.8 Å². The summed E-state index contributed by atoms with van der Waals surface area (Å²) in [6.07, 6.45) is 3.09. The highest BCUT2D eigenvalue weighted by Gasteiger charge is 2.10. The number of hydrogen-bond donors (Lipinski definition) is 1. The van der Waals surface area contributed by atoms with E-state index in [-0.39, 0.29) is 5.91 Å². The summed E-state index contributed by atoms with van der Waals surface area (Å²) in [5.41, 5.74) is 5.17. The Balaban J connectivity index is 1.27. The van der Waals surface area contributed by atoms with Crippen molar-refractivity contribution in [1.82, 2.24) is 4.98 Å². The lowest BCUT2D eigenvalue weighted by atomic mass is 10.0. The van der Waals surface area contributed by atoms with Gasteiger partial charge < -0.3 is 14.2 Å². The van der Waals surface area contributed by atoms with Gasteiger partial charge in [0.05, 0.1) is 0 Å². The number of carbonyl (C=O) groups excluding carboxylic acids is 1. The first-order chi connectivity index (χ1) is 16.5. The fourth-order valence-corrected chi connectivity index (χ4v) is 3.68. The molecule has 5 nitrogen and oxygen atoms in total. The largest absolute Gasteiger partial charge is 0.457 e. The van der Waals surface area contributed by atoms with E-state index in [0.29, 0.717) is 34.4 Å². The van der Waals surface area contributed by atoms with Crippen LogP contribution in [0.2, 0.25) is 0 Å². The molecule has 1 N–H and O–H groups in total. The van der Waals surface area contributed by atoms with E-state index >= 15 is 0 Å². The summed E-state index contributed by atoms with van der Waals surface area (Å²) in [5, 5.41) is 2.86. The number of furan rings is 1. The SMILES string of the molecule is CC(C)c1ccc(-c2nc3cc(NC(=O)/C=C/c4ccc(-c5ccccc5)o4)ccc3o2)cc1. The molecule has 0 spiro atoms. The molecule has 5 aromatic rings. The fraction of sp³-hybridized carbons (Fsp3) is 0.103. The van der Waals surface area contributed by atoms with Crippen molar-refractivity contribution >= 4 is 28.8 Å². The highest BCUT2D eigenvalue weighted by Crippen LogP contribution is 2.28.